The molecule has 0 spiro atoms. The number of nitrogens with zero attached hydrogens (tertiary/aromatic N) is 2. The van der Waals surface area contributed by atoms with Gasteiger partial charge in [0.05, 0.1) is 11.2 Å². The fraction of sp³-hybridized carbons (Fsp3) is 0.769. The van der Waals surface area contributed by atoms with Gasteiger partial charge in [-0.3, -0.25) is 4.90 Å². The number of hydrogen-bond acceptors (Lipinski definition) is 4. The van der Waals surface area contributed by atoms with Gasteiger partial charge in [-0.1, -0.05) is 6.42 Å². The average molecular weight is 253 g/mol. The van der Waals surface area contributed by atoms with E-state index < -0.39 is 0 Å². The van der Waals surface area contributed by atoms with Crippen LogP contribution in [0.15, 0.2) is 5.51 Å². The molecule has 17 heavy (non-hydrogen) atoms. The van der Waals surface area contributed by atoms with E-state index in [0.717, 1.165) is 19.0 Å². The Balaban J connectivity index is 1.86. The van der Waals surface area contributed by atoms with Crippen molar-refractivity contribution in [2.45, 2.75) is 38.6 Å². The molecular weight excluding hydrogens is 230 g/mol. The molecule has 0 saturated carbocycles. The molecule has 0 amide bonds. The maximum atomic E-state index is 4.32. The van der Waals surface area contributed by atoms with E-state index in [2.05, 4.69) is 29.2 Å². The van der Waals surface area contributed by atoms with Crippen LogP contribution < -0.4 is 5.32 Å². The predicted molar refractivity (Wildman–Crippen MR) is 73.7 cm³/mol. The van der Waals surface area contributed by atoms with E-state index in [9.17, 15) is 0 Å². The molecule has 1 aromatic rings. The molecule has 1 aromatic heterocycles. The summed E-state index contributed by atoms with van der Waals surface area (Å²) in [6, 6.07) is 0.738. The number of aromatic nitrogens is 1. The van der Waals surface area contributed by atoms with Crippen LogP contribution in [0.2, 0.25) is 0 Å². The van der Waals surface area contributed by atoms with E-state index in [1.54, 1.807) is 11.3 Å². The zero-order valence-corrected chi connectivity index (χ0v) is 11.7. The summed E-state index contributed by atoms with van der Waals surface area (Å²) < 4.78 is 0. The van der Waals surface area contributed by atoms with E-state index >= 15 is 0 Å². The van der Waals surface area contributed by atoms with Crippen molar-refractivity contribution < 1.29 is 0 Å². The van der Waals surface area contributed by atoms with Gasteiger partial charge in [0.15, 0.2) is 0 Å². The number of rotatable bonds is 5. The molecule has 1 aliphatic heterocycles. The molecule has 1 atom stereocenters. The van der Waals surface area contributed by atoms with Crippen LogP contribution in [-0.2, 0) is 6.42 Å². The largest absolute Gasteiger partial charge is 0.318 e. The minimum absolute atomic E-state index is 0.738. The molecule has 0 aliphatic carbocycles. The van der Waals surface area contributed by atoms with Crippen LogP contribution >= 0.6 is 11.3 Å². The van der Waals surface area contributed by atoms with Crippen LogP contribution in [0.4, 0.5) is 0 Å². The predicted octanol–water partition coefficient (Wildman–Crippen LogP) is 2.07. The van der Waals surface area contributed by atoms with Gasteiger partial charge in [-0.15, -0.1) is 11.3 Å². The molecule has 1 N–H and O–H groups in total. The van der Waals surface area contributed by atoms with Crippen LogP contribution in [-0.4, -0.2) is 42.6 Å². The summed E-state index contributed by atoms with van der Waals surface area (Å²) >= 11 is 1.80. The van der Waals surface area contributed by atoms with Crippen LogP contribution in [0.25, 0.3) is 0 Å². The Morgan fingerprint density at radius 3 is 3.12 bits per heavy atom. The summed E-state index contributed by atoms with van der Waals surface area (Å²) in [6.45, 7) is 5.70. The highest BCUT2D eigenvalue weighted by Gasteiger charge is 2.21. The van der Waals surface area contributed by atoms with Gasteiger partial charge >= 0.3 is 0 Å². The Kier molecular flexibility index (Phi) is 4.95. The molecule has 4 heteroatoms. The topological polar surface area (TPSA) is 28.2 Å². The first-order valence-electron chi connectivity index (χ1n) is 6.59. The van der Waals surface area contributed by atoms with E-state index in [1.165, 1.54) is 42.9 Å². The molecule has 0 bridgehead atoms. The fourth-order valence-corrected chi connectivity index (χ4v) is 3.40. The summed E-state index contributed by atoms with van der Waals surface area (Å²) in [5.41, 5.74) is 3.18. The second kappa shape index (κ2) is 6.47. The van der Waals surface area contributed by atoms with Crippen molar-refractivity contribution in [1.82, 2.24) is 15.2 Å². The maximum absolute atomic E-state index is 4.32. The quantitative estimate of drug-likeness (QED) is 0.871. The number of nitrogens with one attached hydrogen (secondary N) is 1. The van der Waals surface area contributed by atoms with Crippen LogP contribution in [0.1, 0.15) is 29.8 Å². The molecule has 2 rings (SSSR count). The smallest absolute Gasteiger partial charge is 0.0797 e. The Morgan fingerprint density at radius 2 is 2.41 bits per heavy atom. The van der Waals surface area contributed by atoms with Gasteiger partial charge in [-0.2, -0.15) is 0 Å². The molecule has 1 saturated heterocycles. The summed E-state index contributed by atoms with van der Waals surface area (Å²) in [6.07, 6.45) is 5.27. The normalized spacial score (nSPS) is 21.9. The third kappa shape index (κ3) is 3.50. The number of thiazole rings is 1. The molecule has 0 aromatic carbocycles. The second-order valence-corrected chi connectivity index (χ2v) is 5.79. The van der Waals surface area contributed by atoms with Gasteiger partial charge in [0, 0.05) is 24.0 Å². The highest BCUT2D eigenvalue weighted by Crippen LogP contribution is 2.19. The summed E-state index contributed by atoms with van der Waals surface area (Å²) in [4.78, 5) is 8.43. The number of piperidine rings is 1. The first-order valence-corrected chi connectivity index (χ1v) is 7.47. The minimum Gasteiger partial charge on any atom is -0.318 e. The number of likely N-dealkylation sites (N-methyl/N-ethyl adjacent to an activating group) is 1. The third-order valence-corrected chi connectivity index (χ3v) is 4.65. The lowest BCUT2D eigenvalue weighted by atomic mass is 10.0. The van der Waals surface area contributed by atoms with Crippen molar-refractivity contribution in [1.29, 1.82) is 0 Å². The van der Waals surface area contributed by atoms with Crippen molar-refractivity contribution in [3.05, 3.63) is 16.1 Å². The summed E-state index contributed by atoms with van der Waals surface area (Å²) in [5, 5.41) is 3.32. The maximum Gasteiger partial charge on any atom is 0.0797 e. The first-order chi connectivity index (χ1) is 8.31. The molecule has 2 heterocycles. The average Bonchev–Trinajstić information content (AvgIpc) is 2.74. The molecule has 0 radical (unpaired) electrons. The van der Waals surface area contributed by atoms with Crippen molar-refractivity contribution in [2.24, 2.45) is 0 Å². The Hall–Kier alpha value is -0.450. The monoisotopic (exact) mass is 253 g/mol. The lowest BCUT2D eigenvalue weighted by molar-refractivity contribution is 0.149. The zero-order chi connectivity index (χ0) is 12.1. The molecular formula is C13H23N3S. The minimum atomic E-state index is 0.738. The highest BCUT2D eigenvalue weighted by atomic mass is 32.1. The third-order valence-electron chi connectivity index (χ3n) is 3.66. The fourth-order valence-electron chi connectivity index (χ4n) is 2.63. The summed E-state index contributed by atoms with van der Waals surface area (Å²) in [5.74, 6) is 0. The van der Waals surface area contributed by atoms with Crippen LogP contribution in [0.3, 0.4) is 0 Å². The first kappa shape index (κ1) is 13.0. The van der Waals surface area contributed by atoms with Crippen molar-refractivity contribution in [3.8, 4) is 0 Å². The molecule has 1 fully saturated rings. The van der Waals surface area contributed by atoms with Gasteiger partial charge in [-0.05, 0) is 39.8 Å². The van der Waals surface area contributed by atoms with Gasteiger partial charge < -0.3 is 5.32 Å². The SMILES string of the molecule is CNCC1CCCCN1CCc1scnc1C. The molecule has 3 nitrogen and oxygen atoms in total. The highest BCUT2D eigenvalue weighted by molar-refractivity contribution is 7.09. The molecule has 96 valence electrons. The van der Waals surface area contributed by atoms with E-state index in [1.807, 2.05) is 5.51 Å². The van der Waals surface area contributed by atoms with Gasteiger partial charge in [0.25, 0.3) is 0 Å². The Bertz CT molecular complexity index is 335. The van der Waals surface area contributed by atoms with Gasteiger partial charge in [-0.25, -0.2) is 4.98 Å². The van der Waals surface area contributed by atoms with Crippen LogP contribution in [0.5, 0.6) is 0 Å². The van der Waals surface area contributed by atoms with Crippen molar-refractivity contribution >= 4 is 11.3 Å². The van der Waals surface area contributed by atoms with E-state index in [-0.39, 0.29) is 0 Å². The Morgan fingerprint density at radius 1 is 1.53 bits per heavy atom. The number of hydrogen-bond donors (Lipinski definition) is 1. The van der Waals surface area contributed by atoms with Crippen LogP contribution in [0, 0.1) is 6.92 Å². The number of likely N-dealkylation sites (tertiary alicyclic amines) is 1. The van der Waals surface area contributed by atoms with Gasteiger partial charge in [0.2, 0.25) is 0 Å². The zero-order valence-electron chi connectivity index (χ0n) is 10.9. The van der Waals surface area contributed by atoms with Crippen molar-refractivity contribution in [3.63, 3.8) is 0 Å². The molecule has 1 unspecified atom stereocenters. The van der Waals surface area contributed by atoms with Gasteiger partial charge in [0.1, 0.15) is 0 Å². The lowest BCUT2D eigenvalue weighted by Gasteiger charge is -2.35. The molecule has 1 aliphatic rings. The number of aryl methyl sites for hydroxylation is 1. The Labute approximate surface area is 108 Å². The van der Waals surface area contributed by atoms with E-state index in [0.29, 0.717) is 0 Å². The standard InChI is InChI=1S/C13H23N3S/c1-11-13(17-10-15-11)6-8-16-7-4-3-5-12(16)9-14-2/h10,12,14H,3-9H2,1-2H3. The van der Waals surface area contributed by atoms with Crippen molar-refractivity contribution in [2.75, 3.05) is 26.7 Å². The lowest BCUT2D eigenvalue weighted by Crippen LogP contribution is -2.45. The summed E-state index contributed by atoms with van der Waals surface area (Å²) in [7, 11) is 2.06. The second-order valence-electron chi connectivity index (χ2n) is 4.85. The van der Waals surface area contributed by atoms with E-state index in [4.69, 9.17) is 0 Å².